The van der Waals surface area contributed by atoms with E-state index in [2.05, 4.69) is 8.94 Å². The number of methoxy groups -OCH3 is 2. The van der Waals surface area contributed by atoms with Crippen molar-refractivity contribution in [2.75, 3.05) is 14.2 Å². The predicted octanol–water partition coefficient (Wildman–Crippen LogP) is 3.63. The van der Waals surface area contributed by atoms with Crippen molar-refractivity contribution >= 4 is 32.7 Å². The smallest absolute Gasteiger partial charge is 0.271 e. The maximum Gasteiger partial charge on any atom is 0.271 e. The number of fused-ring (bicyclic) bond motifs is 2. The number of nitrogens with one attached hydrogen (secondary N) is 1. The minimum absolute atomic E-state index is 0.0460. The van der Waals surface area contributed by atoms with Crippen LogP contribution in [0.3, 0.4) is 0 Å². The zero-order chi connectivity index (χ0) is 20.3. The standard InChI is InChI=1S/C21H18N2O5S/c1-27-15-9-10(3-8-14(15)24)12-6-7-13-17(19(12)28-2)23(11-4-5-11)21-16(18(13)25)20(26)22-29-21/h3,6-9,11,24H,4-5H2,1-2H3,(H,22,26). The van der Waals surface area contributed by atoms with Crippen molar-refractivity contribution in [2.24, 2.45) is 0 Å². The third kappa shape index (κ3) is 2.56. The largest absolute Gasteiger partial charge is 0.504 e. The third-order valence-corrected chi connectivity index (χ3v) is 6.23. The number of aromatic amines is 1. The van der Waals surface area contributed by atoms with E-state index in [0.29, 0.717) is 27.2 Å². The van der Waals surface area contributed by atoms with Crippen LogP contribution in [0.25, 0.3) is 32.2 Å². The van der Waals surface area contributed by atoms with Gasteiger partial charge in [0.25, 0.3) is 5.56 Å². The molecule has 1 aliphatic rings. The first-order valence-corrected chi connectivity index (χ1v) is 10.0. The first kappa shape index (κ1) is 17.8. The minimum atomic E-state index is -0.349. The summed E-state index contributed by atoms with van der Waals surface area (Å²) in [5.74, 6) is 0.954. The molecule has 0 aliphatic heterocycles. The second-order valence-electron chi connectivity index (χ2n) is 7.07. The Bertz CT molecular complexity index is 1390. The third-order valence-electron chi connectivity index (χ3n) is 5.35. The zero-order valence-corrected chi connectivity index (χ0v) is 16.6. The molecule has 29 heavy (non-hydrogen) atoms. The van der Waals surface area contributed by atoms with Crippen LogP contribution < -0.4 is 20.5 Å². The van der Waals surface area contributed by atoms with Gasteiger partial charge in [0.05, 0.1) is 25.1 Å². The fraction of sp³-hybridized carbons (Fsp3) is 0.238. The number of phenolic OH excluding ortho intramolecular Hbond substituents is 1. The van der Waals surface area contributed by atoms with E-state index in [1.807, 2.05) is 0 Å². The van der Waals surface area contributed by atoms with E-state index in [4.69, 9.17) is 9.47 Å². The van der Waals surface area contributed by atoms with Crippen LogP contribution in [0.4, 0.5) is 0 Å². The average Bonchev–Trinajstić information content (AvgIpc) is 3.49. The van der Waals surface area contributed by atoms with Crippen molar-refractivity contribution in [3.63, 3.8) is 0 Å². The molecule has 1 fully saturated rings. The number of hydrogen-bond donors (Lipinski definition) is 2. The van der Waals surface area contributed by atoms with Gasteiger partial charge in [-0.3, -0.25) is 14.0 Å². The first-order chi connectivity index (χ1) is 14.0. The van der Waals surface area contributed by atoms with Gasteiger partial charge in [-0.25, -0.2) is 0 Å². The van der Waals surface area contributed by atoms with Gasteiger partial charge in [-0.2, -0.15) is 0 Å². The molecule has 7 nitrogen and oxygen atoms in total. The number of H-pyrrole nitrogens is 1. The van der Waals surface area contributed by atoms with Gasteiger partial charge in [-0.1, -0.05) is 6.07 Å². The molecule has 0 amide bonds. The molecule has 1 saturated carbocycles. The molecule has 148 valence electrons. The molecule has 2 aromatic carbocycles. The normalized spacial score (nSPS) is 13.9. The summed E-state index contributed by atoms with van der Waals surface area (Å²) in [5.41, 5.74) is 1.61. The van der Waals surface area contributed by atoms with Crippen molar-refractivity contribution in [1.82, 2.24) is 8.94 Å². The number of hydrogen-bond acceptors (Lipinski definition) is 6. The van der Waals surface area contributed by atoms with Gasteiger partial charge in [0, 0.05) is 11.6 Å². The maximum absolute atomic E-state index is 13.1. The van der Waals surface area contributed by atoms with Crippen LogP contribution in [0.5, 0.6) is 17.2 Å². The van der Waals surface area contributed by atoms with Crippen LogP contribution in [0.2, 0.25) is 0 Å². The quantitative estimate of drug-likeness (QED) is 0.536. The van der Waals surface area contributed by atoms with E-state index in [9.17, 15) is 14.7 Å². The summed E-state index contributed by atoms with van der Waals surface area (Å²) in [6.07, 6.45) is 1.97. The summed E-state index contributed by atoms with van der Waals surface area (Å²) in [6, 6.07) is 8.83. The summed E-state index contributed by atoms with van der Waals surface area (Å²) in [6.45, 7) is 0. The molecular formula is C21H18N2O5S. The first-order valence-electron chi connectivity index (χ1n) is 9.19. The molecule has 2 heterocycles. The lowest BCUT2D eigenvalue weighted by Crippen LogP contribution is -2.15. The summed E-state index contributed by atoms with van der Waals surface area (Å²) >= 11 is 1.18. The lowest BCUT2D eigenvalue weighted by Gasteiger charge is -2.18. The Morgan fingerprint density at radius 2 is 1.93 bits per heavy atom. The molecule has 2 N–H and O–H groups in total. The Labute approximate surface area is 168 Å². The summed E-state index contributed by atoms with van der Waals surface area (Å²) < 4.78 is 15.8. The number of aromatic hydroxyl groups is 1. The Morgan fingerprint density at radius 3 is 2.62 bits per heavy atom. The van der Waals surface area contributed by atoms with E-state index in [0.717, 1.165) is 24.0 Å². The number of aromatic nitrogens is 2. The van der Waals surface area contributed by atoms with Crippen LogP contribution in [0, 0.1) is 0 Å². The Morgan fingerprint density at radius 1 is 1.14 bits per heavy atom. The molecule has 2 aromatic heterocycles. The highest BCUT2D eigenvalue weighted by atomic mass is 32.1. The molecule has 0 bridgehead atoms. The highest BCUT2D eigenvalue weighted by Crippen LogP contribution is 2.45. The predicted molar refractivity (Wildman–Crippen MR) is 113 cm³/mol. The molecule has 0 spiro atoms. The molecule has 5 rings (SSSR count). The molecule has 0 unspecified atom stereocenters. The molecular weight excluding hydrogens is 392 g/mol. The zero-order valence-electron chi connectivity index (χ0n) is 15.8. The van der Waals surface area contributed by atoms with Gasteiger partial charge < -0.3 is 19.1 Å². The van der Waals surface area contributed by atoms with Gasteiger partial charge in [0.15, 0.2) is 17.2 Å². The number of phenols is 1. The van der Waals surface area contributed by atoms with E-state index in [1.165, 1.54) is 18.6 Å². The van der Waals surface area contributed by atoms with Crippen molar-refractivity contribution < 1.29 is 14.6 Å². The van der Waals surface area contributed by atoms with Crippen LogP contribution in [0.15, 0.2) is 39.9 Å². The number of benzene rings is 2. The highest BCUT2D eigenvalue weighted by molar-refractivity contribution is 7.12. The van der Waals surface area contributed by atoms with Gasteiger partial charge in [-0.15, -0.1) is 0 Å². The second-order valence-corrected chi connectivity index (χ2v) is 7.87. The molecule has 8 heteroatoms. The molecule has 0 radical (unpaired) electrons. The molecule has 1 aliphatic carbocycles. The van der Waals surface area contributed by atoms with E-state index in [-0.39, 0.29) is 28.2 Å². The summed E-state index contributed by atoms with van der Waals surface area (Å²) in [4.78, 5) is 26.0. The number of rotatable bonds is 4. The van der Waals surface area contributed by atoms with Gasteiger partial charge in [-0.05, 0) is 54.2 Å². The van der Waals surface area contributed by atoms with Gasteiger partial charge in [0.2, 0.25) is 5.43 Å². The van der Waals surface area contributed by atoms with Crippen molar-refractivity contribution in [1.29, 1.82) is 0 Å². The molecule has 0 atom stereocenters. The van der Waals surface area contributed by atoms with Crippen molar-refractivity contribution in [3.05, 3.63) is 50.9 Å². The van der Waals surface area contributed by atoms with Crippen LogP contribution in [0.1, 0.15) is 18.9 Å². The lowest BCUT2D eigenvalue weighted by atomic mass is 10.0. The summed E-state index contributed by atoms with van der Waals surface area (Å²) in [5, 5.41) is 10.6. The minimum Gasteiger partial charge on any atom is -0.504 e. The average molecular weight is 410 g/mol. The second kappa shape index (κ2) is 6.38. The van der Waals surface area contributed by atoms with Crippen molar-refractivity contribution in [3.8, 4) is 28.4 Å². The Balaban J connectivity index is 1.92. The Hall–Kier alpha value is -3.26. The number of pyridine rings is 1. The van der Waals surface area contributed by atoms with E-state index < -0.39 is 0 Å². The molecule has 0 saturated heterocycles. The number of nitrogens with zero attached hydrogens (tertiary/aromatic N) is 1. The highest BCUT2D eigenvalue weighted by Gasteiger charge is 2.30. The summed E-state index contributed by atoms with van der Waals surface area (Å²) in [7, 11) is 3.06. The van der Waals surface area contributed by atoms with Crippen LogP contribution in [-0.4, -0.2) is 28.3 Å². The van der Waals surface area contributed by atoms with Gasteiger partial charge >= 0.3 is 0 Å². The lowest BCUT2D eigenvalue weighted by molar-refractivity contribution is 0.373. The van der Waals surface area contributed by atoms with Crippen molar-refractivity contribution in [2.45, 2.75) is 18.9 Å². The maximum atomic E-state index is 13.1. The fourth-order valence-electron chi connectivity index (χ4n) is 3.85. The SMILES string of the molecule is COc1cc(-c2ccc3c(=O)c4c(=O)[nH]sc4n(C4CC4)c3c2OC)ccc1O. The van der Waals surface area contributed by atoms with E-state index in [1.54, 1.807) is 37.4 Å². The monoisotopic (exact) mass is 410 g/mol. The Kier molecular flexibility index (Phi) is 3.92. The topological polar surface area (TPSA) is 93.6 Å². The molecule has 4 aromatic rings. The fourth-order valence-corrected chi connectivity index (χ4v) is 4.77. The van der Waals surface area contributed by atoms with Crippen LogP contribution >= 0.6 is 11.5 Å². The van der Waals surface area contributed by atoms with E-state index >= 15 is 0 Å². The van der Waals surface area contributed by atoms with Gasteiger partial charge in [0.1, 0.15) is 10.2 Å². The number of ether oxygens (including phenoxy) is 2. The van der Waals surface area contributed by atoms with Crippen LogP contribution in [-0.2, 0) is 0 Å².